The molecule has 3 rings (SSSR count). The third-order valence-corrected chi connectivity index (χ3v) is 8.23. The van der Waals surface area contributed by atoms with E-state index in [1.54, 1.807) is 32.6 Å². The molecule has 2 heterocycles. The summed E-state index contributed by atoms with van der Waals surface area (Å²) in [5.74, 6) is -1.52. The number of aromatic hydroxyl groups is 1. The second kappa shape index (κ2) is 10.5. The lowest BCUT2D eigenvalue weighted by Gasteiger charge is -2.38. The first kappa shape index (κ1) is 26.8. The fourth-order valence-electron chi connectivity index (χ4n) is 3.93. The lowest BCUT2D eigenvalue weighted by atomic mass is 9.85. The molecule has 0 radical (unpaired) electrons. The number of hydrogen-bond acceptors (Lipinski definition) is 5. The standard InChI is InChI=1S/C23H28Cl2FN3O4S/c1-12-9-16(30)17(19(26)18(12)25)20(28-34(33)23(2,3)4)13-5-7-29(8-6-13)22(32)14-10-15(24)21(31)27-11-14/h9-11,13,20,28,30H,5-8H2,1-4H3,(H,27,31)/t20?,34-/m0/s1. The molecule has 7 nitrogen and oxygen atoms in total. The van der Waals surface area contributed by atoms with Crippen molar-refractivity contribution in [2.24, 2.45) is 5.92 Å². The molecule has 11 heteroatoms. The van der Waals surface area contributed by atoms with Crippen LogP contribution in [0.1, 0.15) is 61.1 Å². The molecule has 1 amide bonds. The first-order valence-electron chi connectivity index (χ1n) is 10.8. The molecule has 3 N–H and O–H groups in total. The second-order valence-electron chi connectivity index (χ2n) is 9.43. The summed E-state index contributed by atoms with van der Waals surface area (Å²) in [7, 11) is 0. The van der Waals surface area contributed by atoms with Crippen molar-refractivity contribution in [2.75, 3.05) is 13.1 Å². The van der Waals surface area contributed by atoms with Crippen molar-refractivity contribution in [3.05, 3.63) is 61.2 Å². The first-order chi connectivity index (χ1) is 15.8. The number of likely N-dealkylation sites (tertiary alicyclic amines) is 1. The van der Waals surface area contributed by atoms with Gasteiger partial charge in [0.25, 0.3) is 11.5 Å². The fraction of sp³-hybridized carbons (Fsp3) is 0.478. The van der Waals surface area contributed by atoms with Crippen LogP contribution in [0.15, 0.2) is 23.1 Å². The van der Waals surface area contributed by atoms with E-state index in [0.717, 1.165) is 0 Å². The average molecular weight is 532 g/mol. The maximum Gasteiger partial charge on any atom is 0.266 e. The van der Waals surface area contributed by atoms with Gasteiger partial charge in [0.1, 0.15) is 15.5 Å². The number of nitrogens with zero attached hydrogens (tertiary/aromatic N) is 1. The number of amides is 1. The molecule has 0 bridgehead atoms. The summed E-state index contributed by atoms with van der Waals surface area (Å²) < 4.78 is 30.6. The number of aromatic amines is 1. The Morgan fingerprint density at radius 2 is 1.94 bits per heavy atom. The Morgan fingerprint density at radius 3 is 2.50 bits per heavy atom. The Hall–Kier alpha value is -1.78. The number of phenols is 1. The number of carbonyl (C=O) groups is 1. The highest BCUT2D eigenvalue weighted by molar-refractivity contribution is 7.90. The van der Waals surface area contributed by atoms with Crippen LogP contribution in [0, 0.1) is 18.7 Å². The Balaban J connectivity index is 1.86. The summed E-state index contributed by atoms with van der Waals surface area (Å²) in [6.07, 6.45) is 2.25. The summed E-state index contributed by atoms with van der Waals surface area (Å²) >= 11 is 10.4. The van der Waals surface area contributed by atoms with E-state index in [2.05, 4.69) is 9.71 Å². The van der Waals surface area contributed by atoms with Crippen LogP contribution in [0.4, 0.5) is 4.39 Å². The van der Waals surface area contributed by atoms with Gasteiger partial charge in [0.15, 0.2) is 5.82 Å². The number of halogens is 3. The number of piperidine rings is 1. The summed E-state index contributed by atoms with van der Waals surface area (Å²) in [6, 6.07) is 1.94. The number of carbonyl (C=O) groups excluding carboxylic acids is 1. The summed E-state index contributed by atoms with van der Waals surface area (Å²) in [5, 5.41) is 10.4. The average Bonchev–Trinajstić information content (AvgIpc) is 2.77. The van der Waals surface area contributed by atoms with Gasteiger partial charge in [0, 0.05) is 30.6 Å². The SMILES string of the molecule is Cc1cc(O)c(C(N[S@@+]([O-])C(C)(C)C)C2CCN(C(=O)c3c[nH]c(=O)c(Cl)c3)CC2)c(F)c1Cl. The Bertz CT molecular complexity index is 1130. The molecule has 1 saturated heterocycles. The molecular formula is C23H28Cl2FN3O4S. The minimum Gasteiger partial charge on any atom is -0.598 e. The molecule has 0 aliphatic carbocycles. The molecule has 0 spiro atoms. The molecule has 34 heavy (non-hydrogen) atoms. The lowest BCUT2D eigenvalue weighted by molar-refractivity contribution is 0.0672. The van der Waals surface area contributed by atoms with E-state index in [-0.39, 0.29) is 38.7 Å². The molecule has 1 aromatic heterocycles. The van der Waals surface area contributed by atoms with Gasteiger partial charge in [-0.05, 0) is 64.2 Å². The van der Waals surface area contributed by atoms with Crippen LogP contribution in [0.25, 0.3) is 0 Å². The van der Waals surface area contributed by atoms with Crippen molar-refractivity contribution in [2.45, 2.75) is 51.3 Å². The van der Waals surface area contributed by atoms with Gasteiger partial charge in [0.2, 0.25) is 0 Å². The predicted molar refractivity (Wildman–Crippen MR) is 132 cm³/mol. The van der Waals surface area contributed by atoms with Crippen molar-refractivity contribution in [1.29, 1.82) is 0 Å². The predicted octanol–water partition coefficient (Wildman–Crippen LogP) is 4.48. The van der Waals surface area contributed by atoms with E-state index in [1.807, 2.05) is 0 Å². The number of H-pyrrole nitrogens is 1. The van der Waals surface area contributed by atoms with E-state index in [0.29, 0.717) is 31.5 Å². The number of benzene rings is 1. The van der Waals surface area contributed by atoms with Gasteiger partial charge in [-0.1, -0.05) is 23.2 Å². The van der Waals surface area contributed by atoms with Crippen molar-refractivity contribution < 1.29 is 18.8 Å². The zero-order valence-electron chi connectivity index (χ0n) is 19.4. The van der Waals surface area contributed by atoms with Crippen LogP contribution < -0.4 is 10.3 Å². The maximum atomic E-state index is 15.2. The lowest BCUT2D eigenvalue weighted by Crippen LogP contribution is -2.46. The number of pyridine rings is 1. The van der Waals surface area contributed by atoms with E-state index in [4.69, 9.17) is 23.2 Å². The number of nitrogens with one attached hydrogen (secondary N) is 2. The largest absolute Gasteiger partial charge is 0.598 e. The first-order valence-corrected chi connectivity index (χ1v) is 12.7. The van der Waals surface area contributed by atoms with Gasteiger partial charge in [-0.25, -0.2) is 4.39 Å². The minimum absolute atomic E-state index is 0.0228. The topological polar surface area (TPSA) is 108 Å². The second-order valence-corrected chi connectivity index (χ2v) is 12.2. The maximum absolute atomic E-state index is 15.2. The van der Waals surface area contributed by atoms with Crippen LogP contribution in [0.2, 0.25) is 10.0 Å². The van der Waals surface area contributed by atoms with E-state index in [9.17, 15) is 19.2 Å². The molecule has 2 atom stereocenters. The summed E-state index contributed by atoms with van der Waals surface area (Å²) in [4.78, 5) is 28.4. The summed E-state index contributed by atoms with van der Waals surface area (Å²) in [5.41, 5.74) is 0.165. The minimum atomic E-state index is -1.55. The highest BCUT2D eigenvalue weighted by atomic mass is 35.5. The number of hydrogen-bond donors (Lipinski definition) is 3. The fourth-order valence-corrected chi connectivity index (χ4v) is 5.15. The van der Waals surface area contributed by atoms with E-state index >= 15 is 4.39 Å². The van der Waals surface area contributed by atoms with E-state index < -0.39 is 33.5 Å². The molecular weight excluding hydrogens is 504 g/mol. The van der Waals surface area contributed by atoms with Gasteiger partial charge in [-0.2, -0.15) is 0 Å². The zero-order valence-corrected chi connectivity index (χ0v) is 21.7. The number of rotatable bonds is 5. The molecule has 0 saturated carbocycles. The molecule has 1 aliphatic heterocycles. The molecule has 1 fully saturated rings. The van der Waals surface area contributed by atoms with Crippen LogP contribution in [-0.4, -0.2) is 43.3 Å². The van der Waals surface area contributed by atoms with Gasteiger partial charge < -0.3 is 19.5 Å². The van der Waals surface area contributed by atoms with Crippen molar-refractivity contribution >= 4 is 40.5 Å². The van der Waals surface area contributed by atoms with Crippen LogP contribution in [-0.2, 0) is 11.4 Å². The smallest absolute Gasteiger partial charge is 0.266 e. The normalized spacial score (nSPS) is 17.0. The van der Waals surface area contributed by atoms with Crippen molar-refractivity contribution in [3.8, 4) is 5.75 Å². The van der Waals surface area contributed by atoms with Gasteiger partial charge in [0.05, 0.1) is 22.2 Å². The molecule has 1 aromatic carbocycles. The third-order valence-electron chi connectivity index (χ3n) is 5.91. The number of aromatic nitrogens is 1. The van der Waals surface area contributed by atoms with Crippen LogP contribution in [0.3, 0.4) is 0 Å². The van der Waals surface area contributed by atoms with Crippen molar-refractivity contribution in [1.82, 2.24) is 14.6 Å². The van der Waals surface area contributed by atoms with Gasteiger partial charge in [-0.15, -0.1) is 4.72 Å². The Labute approximate surface area is 211 Å². The van der Waals surface area contributed by atoms with Crippen molar-refractivity contribution in [3.63, 3.8) is 0 Å². The molecule has 1 aliphatic rings. The van der Waals surface area contributed by atoms with Gasteiger partial charge in [-0.3, -0.25) is 9.59 Å². The number of aryl methyl sites for hydroxylation is 1. The molecule has 186 valence electrons. The number of phenolic OH excluding ortho intramolecular Hbond substituents is 1. The van der Waals surface area contributed by atoms with Gasteiger partial charge >= 0.3 is 0 Å². The zero-order chi connectivity index (χ0) is 25.4. The highest BCUT2D eigenvalue weighted by Gasteiger charge is 2.39. The monoisotopic (exact) mass is 531 g/mol. The Kier molecular flexibility index (Phi) is 8.25. The van der Waals surface area contributed by atoms with Crippen LogP contribution >= 0.6 is 23.2 Å². The Morgan fingerprint density at radius 1 is 1.32 bits per heavy atom. The van der Waals surface area contributed by atoms with Crippen LogP contribution in [0.5, 0.6) is 5.75 Å². The quantitative estimate of drug-likeness (QED) is 0.493. The summed E-state index contributed by atoms with van der Waals surface area (Å²) in [6.45, 7) is 7.68. The highest BCUT2D eigenvalue weighted by Crippen LogP contribution is 2.41. The third kappa shape index (κ3) is 5.71. The molecule has 1 unspecified atom stereocenters. The van der Waals surface area contributed by atoms with E-state index in [1.165, 1.54) is 18.3 Å². The molecule has 2 aromatic rings.